The smallest absolute Gasteiger partial charge is 0.419 e. The lowest BCUT2D eigenvalue weighted by atomic mass is 10.2. The molecule has 1 N–H and O–H groups in total. The highest BCUT2D eigenvalue weighted by Crippen LogP contribution is 2.22. The number of hydrogen-bond acceptors (Lipinski definition) is 5. The Kier molecular flexibility index (Phi) is 3.42. The van der Waals surface area contributed by atoms with Gasteiger partial charge in [0.25, 0.3) is 0 Å². The van der Waals surface area contributed by atoms with Crippen molar-refractivity contribution in [2.75, 3.05) is 0 Å². The summed E-state index contributed by atoms with van der Waals surface area (Å²) in [6, 6.07) is 6.33. The second-order valence-corrected chi connectivity index (χ2v) is 6.65. The Morgan fingerprint density at radius 1 is 1.32 bits per heavy atom. The quantitative estimate of drug-likeness (QED) is 0.785. The predicted molar refractivity (Wildman–Crippen MR) is 78.9 cm³/mol. The third-order valence-electron chi connectivity index (χ3n) is 3.40. The highest BCUT2D eigenvalue weighted by atomic mass is 32.2. The van der Waals surface area contributed by atoms with E-state index in [1.54, 1.807) is 32.2 Å². The monoisotopic (exact) mass is 322 g/mol. The number of rotatable bonds is 4. The van der Waals surface area contributed by atoms with Crippen LogP contribution in [0.3, 0.4) is 0 Å². The summed E-state index contributed by atoms with van der Waals surface area (Å²) < 4.78 is 38.7. The van der Waals surface area contributed by atoms with Crippen LogP contribution in [0, 0.1) is 6.92 Å². The van der Waals surface area contributed by atoms with Gasteiger partial charge in [-0.2, -0.15) is 0 Å². The van der Waals surface area contributed by atoms with Crippen LogP contribution in [0.25, 0.3) is 11.1 Å². The fourth-order valence-corrected chi connectivity index (χ4v) is 3.44. The van der Waals surface area contributed by atoms with E-state index in [0.29, 0.717) is 16.8 Å². The number of nitrogens with zero attached hydrogens (tertiary/aromatic N) is 1. The van der Waals surface area contributed by atoms with Crippen molar-refractivity contribution in [3.8, 4) is 0 Å². The molecule has 0 spiro atoms. The molecular formula is C14H14N2O5S. The fraction of sp³-hybridized carbons (Fsp3) is 0.214. The number of oxazole rings is 1. The highest BCUT2D eigenvalue weighted by Gasteiger charge is 2.20. The lowest BCUT2D eigenvalue weighted by molar-refractivity contribution is 0.498. The van der Waals surface area contributed by atoms with Gasteiger partial charge < -0.3 is 8.83 Å². The molecule has 2 heterocycles. The lowest BCUT2D eigenvalue weighted by Gasteiger charge is -2.08. The zero-order valence-electron chi connectivity index (χ0n) is 12.0. The van der Waals surface area contributed by atoms with Gasteiger partial charge in [0.15, 0.2) is 5.58 Å². The van der Waals surface area contributed by atoms with E-state index in [-0.39, 0.29) is 17.0 Å². The maximum atomic E-state index is 12.4. The summed E-state index contributed by atoms with van der Waals surface area (Å²) in [4.78, 5) is 11.6. The Balaban J connectivity index is 2.01. The maximum Gasteiger partial charge on any atom is 0.419 e. The topological polar surface area (TPSA) is 94.5 Å². The van der Waals surface area contributed by atoms with Crippen molar-refractivity contribution in [3.05, 3.63) is 52.4 Å². The summed E-state index contributed by atoms with van der Waals surface area (Å²) in [7, 11) is -2.18. The largest absolute Gasteiger partial charge is 0.468 e. The van der Waals surface area contributed by atoms with Crippen LogP contribution >= 0.6 is 0 Å². The zero-order chi connectivity index (χ0) is 15.9. The zero-order valence-corrected chi connectivity index (χ0v) is 12.8. The molecule has 0 saturated heterocycles. The molecule has 0 atom stereocenters. The van der Waals surface area contributed by atoms with E-state index in [1.165, 1.54) is 16.9 Å². The molecule has 0 bridgehead atoms. The molecular weight excluding hydrogens is 308 g/mol. The number of aryl methyl sites for hydroxylation is 2. The molecule has 1 aromatic carbocycles. The minimum absolute atomic E-state index is 0.0472. The molecule has 0 unspecified atom stereocenters. The van der Waals surface area contributed by atoms with Crippen molar-refractivity contribution in [1.29, 1.82) is 0 Å². The van der Waals surface area contributed by atoms with Crippen molar-refractivity contribution >= 4 is 21.1 Å². The first-order valence-electron chi connectivity index (χ1n) is 6.51. The summed E-state index contributed by atoms with van der Waals surface area (Å²) in [5, 5.41) is 0. The van der Waals surface area contributed by atoms with Gasteiger partial charge in [0, 0.05) is 13.1 Å². The van der Waals surface area contributed by atoms with Gasteiger partial charge in [0.05, 0.1) is 23.2 Å². The van der Waals surface area contributed by atoms with E-state index in [9.17, 15) is 13.2 Å². The van der Waals surface area contributed by atoms with Crippen molar-refractivity contribution in [3.63, 3.8) is 0 Å². The van der Waals surface area contributed by atoms with E-state index in [2.05, 4.69) is 4.72 Å². The van der Waals surface area contributed by atoms with Crippen molar-refractivity contribution in [2.45, 2.75) is 18.4 Å². The van der Waals surface area contributed by atoms with Crippen LogP contribution in [-0.2, 0) is 23.6 Å². The molecule has 0 amide bonds. The molecule has 116 valence electrons. The number of furan rings is 1. The minimum Gasteiger partial charge on any atom is -0.468 e. The average Bonchev–Trinajstić information content (AvgIpc) is 3.07. The van der Waals surface area contributed by atoms with Crippen molar-refractivity contribution in [1.82, 2.24) is 9.29 Å². The molecule has 2 aromatic heterocycles. The van der Waals surface area contributed by atoms with E-state index >= 15 is 0 Å². The van der Waals surface area contributed by atoms with Gasteiger partial charge in [-0.15, -0.1) is 0 Å². The molecule has 22 heavy (non-hydrogen) atoms. The molecule has 0 saturated carbocycles. The normalized spacial score (nSPS) is 12.1. The Bertz CT molecular complexity index is 980. The summed E-state index contributed by atoms with van der Waals surface area (Å²) in [5.41, 5.74) is 1.31. The summed E-state index contributed by atoms with van der Waals surface area (Å²) >= 11 is 0. The number of hydrogen-bond donors (Lipinski definition) is 1. The molecule has 7 nitrogen and oxygen atoms in total. The number of nitrogens with one attached hydrogen (secondary N) is 1. The van der Waals surface area contributed by atoms with E-state index in [1.807, 2.05) is 0 Å². The van der Waals surface area contributed by atoms with Crippen molar-refractivity contribution < 1.29 is 17.3 Å². The average molecular weight is 322 g/mol. The Labute approximate surface area is 126 Å². The van der Waals surface area contributed by atoms with Crippen LogP contribution in [0.1, 0.15) is 11.3 Å². The van der Waals surface area contributed by atoms with E-state index in [4.69, 9.17) is 8.83 Å². The Morgan fingerprint density at radius 2 is 2.09 bits per heavy atom. The number of benzene rings is 1. The standard InChI is InChI=1S/C14H14N2O5S/c1-9-6-11-12(21-14(17)16(11)2)7-13(9)22(18,19)15-8-10-4-3-5-20-10/h3-7,15H,8H2,1-2H3. The summed E-state index contributed by atoms with van der Waals surface area (Å²) in [5.74, 6) is -0.0268. The van der Waals surface area contributed by atoms with Gasteiger partial charge in [0.2, 0.25) is 10.0 Å². The Hall–Kier alpha value is -2.32. The van der Waals surface area contributed by atoms with Crippen LogP contribution in [0.2, 0.25) is 0 Å². The Morgan fingerprint density at radius 3 is 2.77 bits per heavy atom. The third-order valence-corrected chi connectivity index (χ3v) is 4.94. The molecule has 0 aliphatic rings. The second kappa shape index (κ2) is 5.15. The first kappa shape index (κ1) is 14.6. The molecule has 0 fully saturated rings. The highest BCUT2D eigenvalue weighted by molar-refractivity contribution is 7.89. The van der Waals surface area contributed by atoms with Crippen molar-refractivity contribution in [2.24, 2.45) is 7.05 Å². The second-order valence-electron chi connectivity index (χ2n) is 4.92. The maximum absolute atomic E-state index is 12.4. The van der Waals surface area contributed by atoms with Gasteiger partial charge in [-0.3, -0.25) is 4.57 Å². The molecule has 0 aliphatic heterocycles. The van der Waals surface area contributed by atoms with Gasteiger partial charge in [-0.1, -0.05) is 0 Å². The first-order chi connectivity index (χ1) is 10.4. The summed E-state index contributed by atoms with van der Waals surface area (Å²) in [6.45, 7) is 1.71. The van der Waals surface area contributed by atoms with E-state index in [0.717, 1.165) is 0 Å². The minimum atomic E-state index is -3.74. The van der Waals surface area contributed by atoms with Crippen LogP contribution in [0.5, 0.6) is 0 Å². The fourth-order valence-electron chi connectivity index (χ4n) is 2.21. The first-order valence-corrected chi connectivity index (χ1v) is 7.99. The van der Waals surface area contributed by atoms with Crippen LogP contribution in [-0.4, -0.2) is 13.0 Å². The molecule has 0 aliphatic carbocycles. The number of aromatic nitrogens is 1. The number of sulfonamides is 1. The summed E-state index contributed by atoms with van der Waals surface area (Å²) in [6.07, 6.45) is 1.47. The van der Waals surface area contributed by atoms with Gasteiger partial charge in [0.1, 0.15) is 5.76 Å². The molecule has 0 radical (unpaired) electrons. The lowest BCUT2D eigenvalue weighted by Crippen LogP contribution is -2.23. The van der Waals surface area contributed by atoms with E-state index < -0.39 is 15.8 Å². The predicted octanol–water partition coefficient (Wildman–Crippen LogP) is 1.51. The van der Waals surface area contributed by atoms with Gasteiger partial charge >= 0.3 is 5.76 Å². The third kappa shape index (κ3) is 2.46. The SMILES string of the molecule is Cc1cc2c(cc1S(=O)(=O)NCc1ccco1)oc(=O)n2C. The molecule has 3 rings (SSSR count). The van der Waals surface area contributed by atoms with Gasteiger partial charge in [-0.25, -0.2) is 17.9 Å². The van der Waals surface area contributed by atoms with Gasteiger partial charge in [-0.05, 0) is 30.7 Å². The molecule has 3 aromatic rings. The van der Waals surface area contributed by atoms with Crippen LogP contribution in [0.4, 0.5) is 0 Å². The molecule has 8 heteroatoms. The number of fused-ring (bicyclic) bond motifs is 1. The van der Waals surface area contributed by atoms with Crippen LogP contribution in [0.15, 0.2) is 49.1 Å². The van der Waals surface area contributed by atoms with Crippen LogP contribution < -0.4 is 10.5 Å².